The highest BCUT2D eigenvalue weighted by atomic mass is 32.1. The Labute approximate surface area is 58.6 Å². The molecule has 0 aliphatic carbocycles. The lowest BCUT2D eigenvalue weighted by Crippen LogP contribution is -2.72. The summed E-state index contributed by atoms with van der Waals surface area (Å²) >= 11 is 4.82. The molecule has 1 rings (SSSR count). The third-order valence-electron chi connectivity index (χ3n) is 1.30. The summed E-state index contributed by atoms with van der Waals surface area (Å²) in [6.07, 6.45) is -0.198. The van der Waals surface area contributed by atoms with Gasteiger partial charge in [0.15, 0.2) is 0 Å². The van der Waals surface area contributed by atoms with Crippen molar-refractivity contribution in [1.29, 1.82) is 0 Å². The van der Waals surface area contributed by atoms with E-state index in [2.05, 4.69) is 11.3 Å². The molecule has 52 valence electrons. The second kappa shape index (κ2) is 2.47. The molecule has 5 heteroatoms. The van der Waals surface area contributed by atoms with E-state index in [1.54, 1.807) is 0 Å². The van der Waals surface area contributed by atoms with E-state index in [1.165, 1.54) is 0 Å². The summed E-state index contributed by atoms with van der Waals surface area (Å²) in [5.74, 6) is 3.40. The van der Waals surface area contributed by atoms with Gasteiger partial charge in [0.1, 0.15) is 0 Å². The number of β-amino-alcohol motifs (C(OH)–C–C–N with tert-alkyl or cyclic N) is 1. The van der Waals surface area contributed by atoms with Crippen LogP contribution in [0.2, 0.25) is 0 Å². The van der Waals surface area contributed by atoms with Gasteiger partial charge in [-0.25, -0.2) is 5.43 Å². The number of thiocarbonyl (C=S) groups is 1. The summed E-state index contributed by atoms with van der Waals surface area (Å²) in [4.78, 5) is 1.85. The lowest BCUT2D eigenvalue weighted by Gasteiger charge is -2.36. The second-order valence-electron chi connectivity index (χ2n) is 2.04. The maximum Gasteiger partial charge on any atom is 0.216 e. The Balaban J connectivity index is 2.23. The van der Waals surface area contributed by atoms with E-state index in [0.29, 0.717) is 18.2 Å². The molecule has 9 heavy (non-hydrogen) atoms. The fourth-order valence-electron chi connectivity index (χ4n) is 0.733. The van der Waals surface area contributed by atoms with Crippen molar-refractivity contribution in [3.63, 3.8) is 0 Å². The minimum absolute atomic E-state index is 0.198. The van der Waals surface area contributed by atoms with Crippen molar-refractivity contribution in [3.8, 4) is 0 Å². The SMILES string of the molecule is [NH3+]NC(=S)N1CC(O)C1. The minimum atomic E-state index is -0.198. The molecule has 1 saturated heterocycles. The zero-order chi connectivity index (χ0) is 6.85. The van der Waals surface area contributed by atoms with Gasteiger partial charge < -0.3 is 10.0 Å². The lowest BCUT2D eigenvalue weighted by molar-refractivity contribution is -0.420. The molecule has 0 radical (unpaired) electrons. The molecule has 0 aromatic heterocycles. The molecule has 0 spiro atoms. The summed E-state index contributed by atoms with van der Waals surface area (Å²) < 4.78 is 0. The van der Waals surface area contributed by atoms with E-state index in [0.717, 1.165) is 0 Å². The topological polar surface area (TPSA) is 63.1 Å². The Morgan fingerprint density at radius 1 is 1.78 bits per heavy atom. The molecule has 1 heterocycles. The van der Waals surface area contributed by atoms with Crippen LogP contribution in [0.25, 0.3) is 0 Å². The Kier molecular flexibility index (Phi) is 1.84. The van der Waals surface area contributed by atoms with Crippen LogP contribution in [-0.2, 0) is 0 Å². The van der Waals surface area contributed by atoms with E-state index in [-0.39, 0.29) is 6.10 Å². The minimum Gasteiger partial charge on any atom is -0.389 e. The molecule has 0 aromatic carbocycles. The smallest absolute Gasteiger partial charge is 0.216 e. The average Bonchev–Trinajstić information content (AvgIpc) is 1.79. The van der Waals surface area contributed by atoms with Gasteiger partial charge in [-0.2, -0.15) is 0 Å². The summed E-state index contributed by atoms with van der Waals surface area (Å²) in [5, 5.41) is 9.42. The number of quaternary nitrogens is 1. The number of hydrogen-bond acceptors (Lipinski definition) is 2. The lowest BCUT2D eigenvalue weighted by atomic mass is 10.2. The highest BCUT2D eigenvalue weighted by Crippen LogP contribution is 2.05. The Hall–Kier alpha value is -0.390. The van der Waals surface area contributed by atoms with E-state index in [4.69, 9.17) is 17.3 Å². The zero-order valence-corrected chi connectivity index (χ0v) is 5.82. The number of nitrogens with zero attached hydrogens (tertiary/aromatic N) is 1. The molecule has 0 saturated carbocycles. The molecule has 1 fully saturated rings. The van der Waals surface area contributed by atoms with Crippen molar-refractivity contribution in [2.45, 2.75) is 6.10 Å². The van der Waals surface area contributed by atoms with E-state index >= 15 is 0 Å². The fourth-order valence-corrected chi connectivity index (χ4v) is 0.882. The third-order valence-corrected chi connectivity index (χ3v) is 1.70. The van der Waals surface area contributed by atoms with Gasteiger partial charge >= 0.3 is 0 Å². The first kappa shape index (κ1) is 6.73. The van der Waals surface area contributed by atoms with Gasteiger partial charge in [-0.05, 0) is 12.2 Å². The van der Waals surface area contributed by atoms with Crippen LogP contribution in [0.1, 0.15) is 0 Å². The van der Waals surface area contributed by atoms with Gasteiger partial charge in [0, 0.05) is 13.1 Å². The molecule has 4 nitrogen and oxygen atoms in total. The van der Waals surface area contributed by atoms with Crippen molar-refractivity contribution >= 4 is 17.3 Å². The predicted octanol–water partition coefficient (Wildman–Crippen LogP) is -2.31. The molecule has 0 aromatic rings. The quantitative estimate of drug-likeness (QED) is 0.267. The number of rotatable bonds is 0. The summed E-state index contributed by atoms with van der Waals surface area (Å²) in [5.41, 5.74) is 2.58. The van der Waals surface area contributed by atoms with Crippen LogP contribution < -0.4 is 11.3 Å². The van der Waals surface area contributed by atoms with E-state index < -0.39 is 0 Å². The van der Waals surface area contributed by atoms with Crippen LogP contribution in [0.5, 0.6) is 0 Å². The number of aliphatic hydroxyl groups is 1. The maximum atomic E-state index is 8.81. The maximum absolute atomic E-state index is 8.81. The Bertz CT molecular complexity index is 123. The number of aliphatic hydroxyl groups excluding tert-OH is 1. The molecule has 0 bridgehead atoms. The van der Waals surface area contributed by atoms with Gasteiger partial charge in [0.2, 0.25) is 5.11 Å². The second-order valence-corrected chi connectivity index (χ2v) is 2.43. The van der Waals surface area contributed by atoms with Gasteiger partial charge in [-0.1, -0.05) is 0 Å². The molecule has 1 aliphatic rings. The van der Waals surface area contributed by atoms with Crippen molar-refractivity contribution in [2.75, 3.05) is 13.1 Å². The highest BCUT2D eigenvalue weighted by molar-refractivity contribution is 7.80. The molecular formula is C4H10N3OS+. The molecule has 5 N–H and O–H groups in total. The summed E-state index contributed by atoms with van der Waals surface area (Å²) in [6.45, 7) is 1.28. The molecule has 0 atom stereocenters. The van der Waals surface area contributed by atoms with Gasteiger partial charge in [-0.3, -0.25) is 5.84 Å². The van der Waals surface area contributed by atoms with Crippen LogP contribution in [0, 0.1) is 0 Å². The van der Waals surface area contributed by atoms with Crippen molar-refractivity contribution < 1.29 is 10.9 Å². The molecule has 1 aliphatic heterocycles. The summed E-state index contributed by atoms with van der Waals surface area (Å²) in [6, 6.07) is 0. The standard InChI is InChI=1S/C4H9N3OS/c5-6-4(9)7-1-3(8)2-7/h3,8H,1-2,5H2,(H,6,9)/p+1. The highest BCUT2D eigenvalue weighted by Gasteiger charge is 2.26. The number of nitrogens with one attached hydrogen (secondary N) is 1. The van der Waals surface area contributed by atoms with Crippen molar-refractivity contribution in [1.82, 2.24) is 10.3 Å². The van der Waals surface area contributed by atoms with Crippen LogP contribution in [-0.4, -0.2) is 34.3 Å². The monoisotopic (exact) mass is 148 g/mol. The zero-order valence-electron chi connectivity index (χ0n) is 5.00. The first-order valence-electron chi connectivity index (χ1n) is 2.74. The Morgan fingerprint density at radius 2 is 2.33 bits per heavy atom. The fraction of sp³-hybridized carbons (Fsp3) is 0.750. The van der Waals surface area contributed by atoms with Crippen molar-refractivity contribution in [2.24, 2.45) is 0 Å². The van der Waals surface area contributed by atoms with Crippen LogP contribution in [0.15, 0.2) is 0 Å². The average molecular weight is 148 g/mol. The van der Waals surface area contributed by atoms with Gasteiger partial charge in [-0.15, -0.1) is 0 Å². The number of hydrogen-bond donors (Lipinski definition) is 3. The molecule has 0 unspecified atom stereocenters. The van der Waals surface area contributed by atoms with Crippen molar-refractivity contribution in [3.05, 3.63) is 0 Å². The first-order valence-corrected chi connectivity index (χ1v) is 3.15. The van der Waals surface area contributed by atoms with Crippen LogP contribution in [0.3, 0.4) is 0 Å². The molecular weight excluding hydrogens is 138 g/mol. The van der Waals surface area contributed by atoms with Gasteiger partial charge in [0.25, 0.3) is 0 Å². The van der Waals surface area contributed by atoms with E-state index in [9.17, 15) is 0 Å². The van der Waals surface area contributed by atoms with Gasteiger partial charge in [0.05, 0.1) is 6.10 Å². The third kappa shape index (κ3) is 1.29. The Morgan fingerprint density at radius 3 is 2.67 bits per heavy atom. The van der Waals surface area contributed by atoms with Crippen LogP contribution in [0.4, 0.5) is 0 Å². The van der Waals surface area contributed by atoms with E-state index in [1.807, 2.05) is 4.90 Å². The largest absolute Gasteiger partial charge is 0.389 e. The molecule has 0 amide bonds. The predicted molar refractivity (Wildman–Crippen MR) is 36.2 cm³/mol. The first-order chi connectivity index (χ1) is 4.24. The normalized spacial score (nSPS) is 19.1. The number of likely N-dealkylation sites (tertiary alicyclic amines) is 1. The summed E-state index contributed by atoms with van der Waals surface area (Å²) in [7, 11) is 0. The van der Waals surface area contributed by atoms with Crippen LogP contribution >= 0.6 is 12.2 Å².